The number of hydrogen-bond donors (Lipinski definition) is 2. The number of methoxy groups -OCH3 is 1. The predicted octanol–water partition coefficient (Wildman–Crippen LogP) is 4.57. The normalized spacial score (nSPS) is 16.0. The number of aromatic amines is 1. The quantitative estimate of drug-likeness (QED) is 0.535. The molecule has 0 aliphatic rings. The lowest BCUT2D eigenvalue weighted by Gasteiger charge is -2.37. The maximum absolute atomic E-state index is 14.1. The average molecular weight is 410 g/mol. The molecule has 2 atom stereocenters. The molecule has 156 valence electrons. The first-order chi connectivity index (χ1) is 13.7. The molecule has 0 saturated carbocycles. The molecule has 8 heteroatoms. The lowest BCUT2D eigenvalue weighted by atomic mass is 9.73. The number of rotatable bonds is 8. The van der Waals surface area contributed by atoms with Crippen LogP contribution in [0.5, 0.6) is 5.75 Å². The van der Waals surface area contributed by atoms with Crippen molar-refractivity contribution in [3.63, 3.8) is 0 Å². The zero-order valence-corrected chi connectivity index (χ0v) is 16.1. The van der Waals surface area contributed by atoms with Crippen molar-refractivity contribution in [2.75, 3.05) is 13.8 Å². The maximum atomic E-state index is 14.1. The van der Waals surface area contributed by atoms with Gasteiger partial charge in [-0.05, 0) is 24.6 Å². The van der Waals surface area contributed by atoms with E-state index in [1.54, 1.807) is 24.5 Å². The van der Waals surface area contributed by atoms with E-state index in [4.69, 9.17) is 4.74 Å². The van der Waals surface area contributed by atoms with E-state index >= 15 is 0 Å². The highest BCUT2D eigenvalue weighted by Gasteiger charge is 2.46. The van der Waals surface area contributed by atoms with Crippen molar-refractivity contribution in [2.45, 2.75) is 37.2 Å². The Labute approximate surface area is 165 Å². The maximum Gasteiger partial charge on any atom is 0.267 e. The Bertz CT molecular complexity index is 961. The molecule has 2 aromatic heterocycles. The number of fused-ring (bicyclic) bond motifs is 1. The minimum absolute atomic E-state index is 0.0402. The number of alkyl halides is 3. The van der Waals surface area contributed by atoms with Crippen molar-refractivity contribution in [3.05, 3.63) is 59.8 Å². The molecule has 0 bridgehead atoms. The molecule has 0 aliphatic heterocycles. The number of ether oxygens (including phenoxy) is 1. The summed E-state index contributed by atoms with van der Waals surface area (Å²) in [6.45, 7) is 0.367. The van der Waals surface area contributed by atoms with Gasteiger partial charge in [0.1, 0.15) is 17.2 Å². The van der Waals surface area contributed by atoms with Crippen LogP contribution in [0.1, 0.15) is 24.6 Å². The summed E-state index contributed by atoms with van der Waals surface area (Å²) in [5.41, 5.74) is -2.75. The Hall–Kier alpha value is -2.61. The zero-order valence-electron chi connectivity index (χ0n) is 16.1. The summed E-state index contributed by atoms with van der Waals surface area (Å²) < 4.78 is 60.7. The van der Waals surface area contributed by atoms with Gasteiger partial charge in [-0.25, -0.2) is 13.2 Å². The molecule has 2 unspecified atom stereocenters. The fourth-order valence-corrected chi connectivity index (χ4v) is 3.73. The van der Waals surface area contributed by atoms with Gasteiger partial charge in [0.05, 0.1) is 13.8 Å². The molecule has 0 fully saturated rings. The Morgan fingerprint density at radius 2 is 2.00 bits per heavy atom. The molecule has 4 nitrogen and oxygen atoms in total. The summed E-state index contributed by atoms with van der Waals surface area (Å²) in [6.07, 6.45) is -1.01. The van der Waals surface area contributed by atoms with Crippen LogP contribution in [0.2, 0.25) is 0 Å². The highest BCUT2D eigenvalue weighted by atomic mass is 19.3. The molecule has 0 aliphatic carbocycles. The number of H-pyrrole nitrogens is 1. The largest absolute Gasteiger partial charge is 0.496 e. The number of aromatic nitrogens is 2. The van der Waals surface area contributed by atoms with E-state index in [0.717, 1.165) is 12.1 Å². The molecule has 0 amide bonds. The Kier molecular flexibility index (Phi) is 5.84. The highest BCUT2D eigenvalue weighted by molar-refractivity contribution is 5.79. The second kappa shape index (κ2) is 8.02. The fraction of sp³-hybridized carbons (Fsp3) is 0.381. The Morgan fingerprint density at radius 1 is 1.24 bits per heavy atom. The van der Waals surface area contributed by atoms with Gasteiger partial charge in [0.25, 0.3) is 6.43 Å². The van der Waals surface area contributed by atoms with Crippen LogP contribution in [0.15, 0.2) is 42.7 Å². The number of benzene rings is 1. The lowest BCUT2D eigenvalue weighted by Crippen LogP contribution is -2.46. The minimum atomic E-state index is -3.13. The second-order valence-electron chi connectivity index (χ2n) is 7.55. The zero-order chi connectivity index (χ0) is 21.2. The molecule has 1 aromatic carbocycles. The fourth-order valence-electron chi connectivity index (χ4n) is 3.73. The molecule has 0 saturated heterocycles. The average Bonchev–Trinajstić information content (AvgIpc) is 3.09. The van der Waals surface area contributed by atoms with Gasteiger partial charge in [0.15, 0.2) is 0 Å². The minimum Gasteiger partial charge on any atom is -0.496 e. The Morgan fingerprint density at radius 3 is 2.62 bits per heavy atom. The van der Waals surface area contributed by atoms with Gasteiger partial charge in [-0.3, -0.25) is 9.37 Å². The van der Waals surface area contributed by atoms with Crippen LogP contribution in [0.25, 0.3) is 10.9 Å². The lowest BCUT2D eigenvalue weighted by molar-refractivity contribution is -0.113. The van der Waals surface area contributed by atoms with Gasteiger partial charge in [-0.2, -0.15) is 0 Å². The van der Waals surface area contributed by atoms with Gasteiger partial charge >= 0.3 is 0 Å². The molecular weight excluding hydrogens is 388 g/mol. The van der Waals surface area contributed by atoms with E-state index in [1.165, 1.54) is 20.1 Å². The van der Waals surface area contributed by atoms with E-state index in [1.807, 2.05) is 0 Å². The van der Waals surface area contributed by atoms with Crippen LogP contribution < -0.4 is 4.74 Å². The molecule has 0 radical (unpaired) electrons. The number of pyridine rings is 1. The Balaban J connectivity index is 1.96. The van der Waals surface area contributed by atoms with E-state index < -0.39 is 42.8 Å². The van der Waals surface area contributed by atoms with Crippen molar-refractivity contribution in [1.82, 2.24) is 9.97 Å². The first kappa shape index (κ1) is 21.1. The van der Waals surface area contributed by atoms with Crippen LogP contribution in [0.4, 0.5) is 17.6 Å². The topological polar surface area (TPSA) is 58.1 Å². The molecular formula is C21H22F4N2O2. The summed E-state index contributed by atoms with van der Waals surface area (Å²) in [6, 6.07) is 6.79. The van der Waals surface area contributed by atoms with Gasteiger partial charge < -0.3 is 14.8 Å². The number of halogens is 4. The van der Waals surface area contributed by atoms with Crippen molar-refractivity contribution in [2.24, 2.45) is 0 Å². The van der Waals surface area contributed by atoms with Gasteiger partial charge in [-0.1, -0.05) is 13.0 Å². The third-order valence-corrected chi connectivity index (χ3v) is 5.18. The van der Waals surface area contributed by atoms with Crippen molar-refractivity contribution in [1.29, 1.82) is 0 Å². The molecule has 29 heavy (non-hydrogen) atoms. The van der Waals surface area contributed by atoms with Crippen molar-refractivity contribution < 1.29 is 27.4 Å². The van der Waals surface area contributed by atoms with Crippen molar-refractivity contribution in [3.8, 4) is 5.75 Å². The van der Waals surface area contributed by atoms with E-state index in [-0.39, 0.29) is 11.3 Å². The van der Waals surface area contributed by atoms with Crippen LogP contribution >= 0.6 is 0 Å². The van der Waals surface area contributed by atoms with Gasteiger partial charge in [-0.15, -0.1) is 0 Å². The van der Waals surface area contributed by atoms with Crippen LogP contribution in [0, 0.1) is 5.82 Å². The van der Waals surface area contributed by atoms with Crippen LogP contribution in [-0.4, -0.2) is 40.9 Å². The number of aliphatic hydroxyl groups is 1. The van der Waals surface area contributed by atoms with Crippen molar-refractivity contribution >= 4 is 10.9 Å². The molecule has 2 heterocycles. The molecule has 2 N–H and O–H groups in total. The molecule has 3 rings (SSSR count). The first-order valence-electron chi connectivity index (χ1n) is 9.03. The number of hydrogen-bond acceptors (Lipinski definition) is 3. The van der Waals surface area contributed by atoms with Gasteiger partial charge in [0, 0.05) is 52.5 Å². The summed E-state index contributed by atoms with van der Waals surface area (Å²) in [4.78, 5) is 6.95. The smallest absolute Gasteiger partial charge is 0.267 e. The number of nitrogens with one attached hydrogen (secondary N) is 1. The summed E-state index contributed by atoms with van der Waals surface area (Å²) >= 11 is 0. The standard InChI is InChI=1S/C21H22F4N2O2/c1-20(12-22,16-4-3-14(23)8-18(16)29-2)11-21(28,19(24)25)9-15-7-13-10-26-6-5-17(13)27-15/h3-8,10,19,27-28H,9,11-12H2,1-2H3. The SMILES string of the molecule is COc1cc(F)ccc1C(C)(CF)CC(O)(Cc1cc2cnccc2[nH]1)C(F)F. The van der Waals surface area contributed by atoms with E-state index in [0.29, 0.717) is 16.6 Å². The third kappa shape index (κ3) is 4.22. The van der Waals surface area contributed by atoms with Gasteiger partial charge in [0.2, 0.25) is 0 Å². The second-order valence-corrected chi connectivity index (χ2v) is 7.55. The first-order valence-corrected chi connectivity index (χ1v) is 9.03. The summed E-state index contributed by atoms with van der Waals surface area (Å²) in [5, 5.41) is 11.6. The number of nitrogens with zero attached hydrogens (tertiary/aromatic N) is 1. The monoisotopic (exact) mass is 410 g/mol. The van der Waals surface area contributed by atoms with E-state index in [9.17, 15) is 22.7 Å². The summed E-state index contributed by atoms with van der Waals surface area (Å²) in [7, 11) is 1.29. The molecule has 0 spiro atoms. The summed E-state index contributed by atoms with van der Waals surface area (Å²) in [5.74, 6) is -0.555. The third-order valence-electron chi connectivity index (χ3n) is 5.18. The molecule has 3 aromatic rings. The highest BCUT2D eigenvalue weighted by Crippen LogP contribution is 2.41. The van der Waals surface area contributed by atoms with E-state index in [2.05, 4.69) is 9.97 Å². The van der Waals surface area contributed by atoms with Crippen LogP contribution in [-0.2, 0) is 11.8 Å². The predicted molar refractivity (Wildman–Crippen MR) is 102 cm³/mol. The van der Waals surface area contributed by atoms with Crippen LogP contribution in [0.3, 0.4) is 0 Å².